The number of carbonyl (C=O) groups excluding carboxylic acids is 1. The number of quaternary nitrogens is 1. The minimum Gasteiger partial charge on any atom is -0.460 e. The number of fused-ring (bicyclic) bond motifs is 4. The average Bonchev–Trinajstić information content (AvgIpc) is 3.11. The zero-order valence-corrected chi connectivity index (χ0v) is 19.1. The summed E-state index contributed by atoms with van der Waals surface area (Å²) in [6.07, 6.45) is 5.95. The van der Waals surface area contributed by atoms with Gasteiger partial charge in [0.15, 0.2) is 0 Å². The van der Waals surface area contributed by atoms with E-state index in [0.29, 0.717) is 24.1 Å². The Kier molecular flexibility index (Phi) is 6.19. The normalized spacial score (nSPS) is 13.8. The molecule has 0 unspecified atom stereocenters. The lowest BCUT2D eigenvalue weighted by Gasteiger charge is -2.11. The zero-order chi connectivity index (χ0) is 22.1. The Morgan fingerprint density at radius 3 is 2.58 bits per heavy atom. The van der Waals surface area contributed by atoms with Gasteiger partial charge in [-0.1, -0.05) is 0 Å². The highest BCUT2D eigenvalue weighted by molar-refractivity contribution is 6.00. The molecule has 3 aromatic rings. The molecule has 1 aliphatic rings. The fourth-order valence-corrected chi connectivity index (χ4v) is 4.70. The minimum atomic E-state index is -0.354. The number of amides is 1. The third-order valence-corrected chi connectivity index (χ3v) is 6.50. The summed E-state index contributed by atoms with van der Waals surface area (Å²) in [4.78, 5) is 26.4. The van der Waals surface area contributed by atoms with Gasteiger partial charge in [0.25, 0.3) is 0 Å². The van der Waals surface area contributed by atoms with Crippen LogP contribution in [-0.4, -0.2) is 33.1 Å². The van der Waals surface area contributed by atoms with Crippen molar-refractivity contribution in [2.75, 3.05) is 27.2 Å². The summed E-state index contributed by atoms with van der Waals surface area (Å²) >= 11 is 0. The van der Waals surface area contributed by atoms with Crippen LogP contribution in [0.1, 0.15) is 53.7 Å². The molecule has 6 heteroatoms. The van der Waals surface area contributed by atoms with Gasteiger partial charge in [-0.3, -0.25) is 4.79 Å². The molecule has 0 atom stereocenters. The molecule has 1 aromatic carbocycles. The van der Waals surface area contributed by atoms with Crippen molar-refractivity contribution in [3.63, 3.8) is 0 Å². The van der Waals surface area contributed by atoms with Gasteiger partial charge in [-0.2, -0.15) is 0 Å². The van der Waals surface area contributed by atoms with E-state index in [1.807, 2.05) is 13.8 Å². The smallest absolute Gasteiger partial charge is 0.339 e. The molecule has 0 aliphatic heterocycles. The molecule has 1 aliphatic carbocycles. The highest BCUT2D eigenvalue weighted by Gasteiger charge is 2.23. The number of nitrogens with one attached hydrogen (secondary N) is 2. The second kappa shape index (κ2) is 8.87. The number of hydrogen-bond acceptors (Lipinski definition) is 4. The van der Waals surface area contributed by atoms with Gasteiger partial charge in [-0.25, -0.2) is 4.79 Å². The van der Waals surface area contributed by atoms with Gasteiger partial charge in [-0.15, -0.1) is 0 Å². The fraction of sp³-hybridized carbons (Fsp3) is 0.520. The molecule has 0 saturated carbocycles. The fourth-order valence-electron chi connectivity index (χ4n) is 4.70. The van der Waals surface area contributed by atoms with Crippen molar-refractivity contribution < 1.29 is 18.5 Å². The lowest BCUT2D eigenvalue weighted by Crippen LogP contribution is -3.05. The SMILES string of the molecule is Cc1c(CCC(=O)NCCC[NH+](C)C)c(=O)oc2c(C)c3oc4c(c3cc12)CCCC4. The van der Waals surface area contributed by atoms with Crippen molar-refractivity contribution in [2.24, 2.45) is 0 Å². The van der Waals surface area contributed by atoms with E-state index in [-0.39, 0.29) is 18.0 Å². The molecule has 0 bridgehead atoms. The van der Waals surface area contributed by atoms with Gasteiger partial charge in [0.1, 0.15) is 16.9 Å². The molecule has 166 valence electrons. The van der Waals surface area contributed by atoms with E-state index in [0.717, 1.165) is 65.5 Å². The quantitative estimate of drug-likeness (QED) is 0.451. The number of rotatable bonds is 7. The summed E-state index contributed by atoms with van der Waals surface area (Å²) in [6, 6.07) is 2.12. The van der Waals surface area contributed by atoms with Crippen LogP contribution in [0.25, 0.3) is 21.9 Å². The highest BCUT2D eigenvalue weighted by atomic mass is 16.4. The summed E-state index contributed by atoms with van der Waals surface area (Å²) in [6.45, 7) is 5.60. The summed E-state index contributed by atoms with van der Waals surface area (Å²) in [5, 5.41) is 5.04. The Hall–Kier alpha value is -2.60. The Morgan fingerprint density at radius 1 is 1.06 bits per heavy atom. The second-order valence-corrected chi connectivity index (χ2v) is 9.12. The van der Waals surface area contributed by atoms with Gasteiger partial charge in [0.2, 0.25) is 5.91 Å². The average molecular weight is 426 g/mol. The molecule has 6 nitrogen and oxygen atoms in total. The summed E-state index contributed by atoms with van der Waals surface area (Å²) in [5.41, 5.74) is 4.77. The lowest BCUT2D eigenvalue weighted by molar-refractivity contribution is -0.858. The first-order chi connectivity index (χ1) is 14.9. The zero-order valence-electron chi connectivity index (χ0n) is 19.1. The topological polar surface area (TPSA) is 76.9 Å². The number of benzene rings is 1. The number of hydrogen-bond donors (Lipinski definition) is 2. The number of carbonyl (C=O) groups is 1. The molecule has 2 heterocycles. The first kappa shape index (κ1) is 21.6. The predicted molar refractivity (Wildman–Crippen MR) is 122 cm³/mol. The molecule has 1 amide bonds. The van der Waals surface area contributed by atoms with Gasteiger partial charge in [-0.05, 0) is 51.2 Å². The maximum absolute atomic E-state index is 12.8. The molecule has 4 rings (SSSR count). The Labute approximate surface area is 182 Å². The Morgan fingerprint density at radius 2 is 1.81 bits per heavy atom. The molecule has 0 fully saturated rings. The molecular formula is C25H33N2O4+. The van der Waals surface area contributed by atoms with Crippen LogP contribution in [0.5, 0.6) is 0 Å². The van der Waals surface area contributed by atoms with Crippen molar-refractivity contribution in [3.05, 3.63) is 44.5 Å². The van der Waals surface area contributed by atoms with Gasteiger partial charge in [0, 0.05) is 53.3 Å². The van der Waals surface area contributed by atoms with Crippen LogP contribution in [0.4, 0.5) is 0 Å². The monoisotopic (exact) mass is 425 g/mol. The van der Waals surface area contributed by atoms with E-state index < -0.39 is 0 Å². The van der Waals surface area contributed by atoms with Crippen LogP contribution >= 0.6 is 0 Å². The van der Waals surface area contributed by atoms with Gasteiger partial charge < -0.3 is 19.1 Å². The van der Waals surface area contributed by atoms with Gasteiger partial charge in [0.05, 0.1) is 20.6 Å². The summed E-state index contributed by atoms with van der Waals surface area (Å²) in [5.74, 6) is 1.05. The van der Waals surface area contributed by atoms with Crippen molar-refractivity contribution in [2.45, 2.75) is 58.8 Å². The van der Waals surface area contributed by atoms with Gasteiger partial charge >= 0.3 is 5.63 Å². The van der Waals surface area contributed by atoms with E-state index in [2.05, 4.69) is 25.5 Å². The number of aryl methyl sites for hydroxylation is 4. The molecule has 0 radical (unpaired) electrons. The standard InChI is InChI=1S/C25H32N2O4/c1-15-17(10-11-22(28)26-12-7-13-27(3)4)25(29)31-23-16(2)24-20(14-19(15)23)18-8-5-6-9-21(18)30-24/h14H,5-13H2,1-4H3,(H,26,28)/p+1. The van der Waals surface area contributed by atoms with Crippen LogP contribution in [0.2, 0.25) is 0 Å². The van der Waals surface area contributed by atoms with E-state index in [9.17, 15) is 9.59 Å². The molecule has 0 spiro atoms. The van der Waals surface area contributed by atoms with Crippen LogP contribution in [-0.2, 0) is 24.1 Å². The predicted octanol–water partition coefficient (Wildman–Crippen LogP) is 2.62. The van der Waals surface area contributed by atoms with Crippen molar-refractivity contribution in [1.29, 1.82) is 0 Å². The maximum Gasteiger partial charge on any atom is 0.339 e. The Bertz CT molecular complexity index is 1190. The first-order valence-electron chi connectivity index (χ1n) is 11.4. The second-order valence-electron chi connectivity index (χ2n) is 9.12. The largest absolute Gasteiger partial charge is 0.460 e. The summed E-state index contributed by atoms with van der Waals surface area (Å²) in [7, 11) is 4.19. The molecular weight excluding hydrogens is 392 g/mol. The van der Waals surface area contributed by atoms with E-state index in [4.69, 9.17) is 8.83 Å². The van der Waals surface area contributed by atoms with Crippen molar-refractivity contribution >= 4 is 27.8 Å². The van der Waals surface area contributed by atoms with Crippen LogP contribution in [0.15, 0.2) is 19.7 Å². The van der Waals surface area contributed by atoms with Crippen LogP contribution in [0, 0.1) is 13.8 Å². The molecule has 0 saturated heterocycles. The van der Waals surface area contributed by atoms with E-state index in [1.54, 1.807) is 0 Å². The molecule has 31 heavy (non-hydrogen) atoms. The van der Waals surface area contributed by atoms with Crippen LogP contribution in [0.3, 0.4) is 0 Å². The maximum atomic E-state index is 12.8. The molecule has 2 aromatic heterocycles. The minimum absolute atomic E-state index is 0.0248. The molecule has 2 N–H and O–H groups in total. The summed E-state index contributed by atoms with van der Waals surface area (Å²) < 4.78 is 11.9. The Balaban J connectivity index is 1.61. The third-order valence-electron chi connectivity index (χ3n) is 6.50. The lowest BCUT2D eigenvalue weighted by atomic mass is 9.93. The van der Waals surface area contributed by atoms with Crippen molar-refractivity contribution in [1.82, 2.24) is 5.32 Å². The van der Waals surface area contributed by atoms with E-state index >= 15 is 0 Å². The van der Waals surface area contributed by atoms with E-state index in [1.165, 1.54) is 16.9 Å². The van der Waals surface area contributed by atoms with Crippen molar-refractivity contribution in [3.8, 4) is 0 Å². The third kappa shape index (κ3) is 4.26. The number of furan rings is 1. The van der Waals surface area contributed by atoms with Crippen LogP contribution < -0.4 is 15.8 Å². The highest BCUT2D eigenvalue weighted by Crippen LogP contribution is 2.37. The first-order valence-corrected chi connectivity index (χ1v) is 11.4.